The molecule has 0 aliphatic rings. The fourth-order valence-electron chi connectivity index (χ4n) is 1.84. The minimum absolute atomic E-state index is 0.0682. The van der Waals surface area contributed by atoms with Crippen LogP contribution in [0, 0.1) is 13.8 Å². The average Bonchev–Trinajstić information content (AvgIpc) is 2.64. The van der Waals surface area contributed by atoms with Crippen LogP contribution in [-0.2, 0) is 11.2 Å². The molecule has 0 saturated carbocycles. The third kappa shape index (κ3) is 5.24. The lowest BCUT2D eigenvalue weighted by atomic mass is 10.1. The molecule has 0 spiro atoms. The van der Waals surface area contributed by atoms with Gasteiger partial charge in [-0.05, 0) is 33.4 Å². The minimum Gasteiger partial charge on any atom is -0.387 e. The molecule has 0 fully saturated rings. The Labute approximate surface area is 118 Å². The third-order valence-corrected chi connectivity index (χ3v) is 3.82. The molecule has 0 aliphatic heterocycles. The molecule has 0 aromatic carbocycles. The number of amides is 1. The highest BCUT2D eigenvalue weighted by Gasteiger charge is 2.20. The van der Waals surface area contributed by atoms with E-state index in [1.807, 2.05) is 20.1 Å². The maximum Gasteiger partial charge on any atom is 0.220 e. The summed E-state index contributed by atoms with van der Waals surface area (Å²) in [6, 6.07) is 0. The maximum absolute atomic E-state index is 11.7. The van der Waals surface area contributed by atoms with Gasteiger partial charge in [-0.2, -0.15) is 11.8 Å². The molecule has 0 saturated heterocycles. The summed E-state index contributed by atoms with van der Waals surface area (Å²) in [7, 11) is 0. The molecule has 1 heterocycles. The van der Waals surface area contributed by atoms with Crippen molar-refractivity contribution in [1.82, 2.24) is 10.5 Å². The van der Waals surface area contributed by atoms with E-state index in [0.717, 1.165) is 17.0 Å². The van der Waals surface area contributed by atoms with Crippen molar-refractivity contribution in [3.63, 3.8) is 0 Å². The zero-order valence-electron chi connectivity index (χ0n) is 11.9. The molecule has 1 rings (SSSR count). The fraction of sp³-hybridized carbons (Fsp3) is 0.692. The molecule has 1 atom stereocenters. The van der Waals surface area contributed by atoms with Crippen molar-refractivity contribution in [2.45, 2.75) is 39.2 Å². The van der Waals surface area contributed by atoms with Gasteiger partial charge in [0.1, 0.15) is 5.76 Å². The highest BCUT2D eigenvalue weighted by atomic mass is 32.2. The van der Waals surface area contributed by atoms with Gasteiger partial charge in [-0.3, -0.25) is 4.79 Å². The lowest BCUT2D eigenvalue weighted by Gasteiger charge is -2.22. The molecule has 108 valence electrons. The van der Waals surface area contributed by atoms with Crippen molar-refractivity contribution in [1.29, 1.82) is 0 Å². The summed E-state index contributed by atoms with van der Waals surface area (Å²) >= 11 is 1.55. The summed E-state index contributed by atoms with van der Waals surface area (Å²) in [6.45, 7) is 5.70. The van der Waals surface area contributed by atoms with E-state index in [2.05, 4.69) is 10.5 Å². The number of thioether (sulfide) groups is 1. The Hall–Kier alpha value is -1.01. The predicted molar refractivity (Wildman–Crippen MR) is 76.3 cm³/mol. The number of aromatic nitrogens is 1. The minimum atomic E-state index is -0.863. The van der Waals surface area contributed by atoms with Crippen molar-refractivity contribution < 1.29 is 14.4 Å². The van der Waals surface area contributed by atoms with Gasteiger partial charge in [0, 0.05) is 24.3 Å². The van der Waals surface area contributed by atoms with Gasteiger partial charge in [-0.25, -0.2) is 0 Å². The van der Waals surface area contributed by atoms with Gasteiger partial charge in [-0.15, -0.1) is 0 Å². The van der Waals surface area contributed by atoms with Gasteiger partial charge in [0.25, 0.3) is 0 Å². The fourth-order valence-corrected chi connectivity index (χ4v) is 2.56. The van der Waals surface area contributed by atoms with Crippen molar-refractivity contribution in [3.05, 3.63) is 17.0 Å². The van der Waals surface area contributed by atoms with Gasteiger partial charge >= 0.3 is 0 Å². The van der Waals surface area contributed by atoms with E-state index in [-0.39, 0.29) is 12.5 Å². The molecule has 0 bridgehead atoms. The SMILES string of the molecule is CSC[C@](C)(O)CNC(=O)CCc1c(C)noc1C. The zero-order chi connectivity index (χ0) is 14.5. The van der Waals surface area contributed by atoms with Crippen LogP contribution in [0.25, 0.3) is 0 Å². The van der Waals surface area contributed by atoms with Gasteiger partial charge in [0.2, 0.25) is 5.91 Å². The zero-order valence-corrected chi connectivity index (χ0v) is 12.8. The third-order valence-electron chi connectivity index (χ3n) is 2.90. The summed E-state index contributed by atoms with van der Waals surface area (Å²) in [5.74, 6) is 1.29. The standard InChI is InChI=1S/C13H22N2O3S/c1-9-11(10(2)18-15-9)5-6-12(16)14-7-13(3,17)8-19-4/h17H,5-8H2,1-4H3,(H,14,16)/t13-/m1/s1. The lowest BCUT2D eigenvalue weighted by molar-refractivity contribution is -0.122. The second kappa shape index (κ2) is 6.96. The molecule has 2 N–H and O–H groups in total. The van der Waals surface area contributed by atoms with Crippen LogP contribution in [0.2, 0.25) is 0 Å². The first-order valence-corrected chi connectivity index (χ1v) is 7.65. The summed E-state index contributed by atoms with van der Waals surface area (Å²) in [6.07, 6.45) is 2.91. The maximum atomic E-state index is 11.7. The molecule has 1 amide bonds. The highest BCUT2D eigenvalue weighted by molar-refractivity contribution is 7.98. The van der Waals surface area contributed by atoms with E-state index in [1.54, 1.807) is 18.7 Å². The Kier molecular flexibility index (Phi) is 5.87. The van der Waals surface area contributed by atoms with Crippen LogP contribution in [0.5, 0.6) is 0 Å². The van der Waals surface area contributed by atoms with Crippen LogP contribution < -0.4 is 5.32 Å². The molecule has 1 aromatic heterocycles. The number of nitrogens with one attached hydrogen (secondary N) is 1. The average molecular weight is 286 g/mol. The van der Waals surface area contributed by atoms with E-state index in [9.17, 15) is 9.90 Å². The van der Waals surface area contributed by atoms with E-state index >= 15 is 0 Å². The van der Waals surface area contributed by atoms with E-state index in [4.69, 9.17) is 4.52 Å². The summed E-state index contributed by atoms with van der Waals surface area (Å²) in [5.41, 5.74) is 0.962. The Morgan fingerprint density at radius 3 is 2.74 bits per heavy atom. The van der Waals surface area contributed by atoms with Gasteiger partial charge < -0.3 is 14.9 Å². The highest BCUT2D eigenvalue weighted by Crippen LogP contribution is 2.14. The number of hydrogen-bond acceptors (Lipinski definition) is 5. The molecule has 6 heteroatoms. The summed E-state index contributed by atoms with van der Waals surface area (Å²) in [4.78, 5) is 11.7. The second-order valence-corrected chi connectivity index (χ2v) is 5.88. The Morgan fingerprint density at radius 2 is 2.21 bits per heavy atom. The molecular weight excluding hydrogens is 264 g/mol. The number of carbonyl (C=O) groups is 1. The molecule has 0 unspecified atom stereocenters. The van der Waals surface area contributed by atoms with Crippen LogP contribution in [-0.4, -0.2) is 40.3 Å². The van der Waals surface area contributed by atoms with Crippen molar-refractivity contribution >= 4 is 17.7 Å². The van der Waals surface area contributed by atoms with Crippen molar-refractivity contribution in [2.75, 3.05) is 18.6 Å². The summed E-state index contributed by atoms with van der Waals surface area (Å²) < 4.78 is 5.05. The second-order valence-electron chi connectivity index (χ2n) is 5.01. The predicted octanol–water partition coefficient (Wildman–Crippen LogP) is 1.45. The molecule has 0 radical (unpaired) electrons. The smallest absolute Gasteiger partial charge is 0.220 e. The van der Waals surface area contributed by atoms with E-state index in [1.165, 1.54) is 0 Å². The summed E-state index contributed by atoms with van der Waals surface area (Å²) in [5, 5.41) is 16.6. The normalized spacial score (nSPS) is 14.2. The molecular formula is C13H22N2O3S. The van der Waals surface area contributed by atoms with E-state index < -0.39 is 5.60 Å². The monoisotopic (exact) mass is 286 g/mol. The van der Waals surface area contributed by atoms with Gasteiger partial charge in [0.15, 0.2) is 0 Å². The first-order valence-electron chi connectivity index (χ1n) is 6.25. The van der Waals surface area contributed by atoms with Crippen molar-refractivity contribution in [2.24, 2.45) is 0 Å². The quantitative estimate of drug-likeness (QED) is 0.793. The molecule has 1 aromatic rings. The van der Waals surface area contributed by atoms with Gasteiger partial charge in [0.05, 0.1) is 11.3 Å². The number of hydrogen-bond donors (Lipinski definition) is 2. The number of nitrogens with zero attached hydrogens (tertiary/aromatic N) is 1. The van der Waals surface area contributed by atoms with Crippen LogP contribution in [0.1, 0.15) is 30.4 Å². The van der Waals surface area contributed by atoms with Crippen LogP contribution >= 0.6 is 11.8 Å². The topological polar surface area (TPSA) is 75.4 Å². The first kappa shape index (κ1) is 16.0. The van der Waals surface area contributed by atoms with Crippen LogP contribution in [0.15, 0.2) is 4.52 Å². The Bertz CT molecular complexity index is 410. The Morgan fingerprint density at radius 1 is 1.53 bits per heavy atom. The van der Waals surface area contributed by atoms with Crippen molar-refractivity contribution in [3.8, 4) is 0 Å². The van der Waals surface area contributed by atoms with Crippen LogP contribution in [0.3, 0.4) is 0 Å². The number of rotatable bonds is 7. The molecule has 5 nitrogen and oxygen atoms in total. The van der Waals surface area contributed by atoms with E-state index in [0.29, 0.717) is 18.6 Å². The van der Waals surface area contributed by atoms with Crippen LogP contribution in [0.4, 0.5) is 0 Å². The lowest BCUT2D eigenvalue weighted by Crippen LogP contribution is -2.42. The molecule has 0 aliphatic carbocycles. The molecule has 19 heavy (non-hydrogen) atoms. The number of aliphatic hydroxyl groups is 1. The Balaban J connectivity index is 2.37. The van der Waals surface area contributed by atoms with Gasteiger partial charge in [-0.1, -0.05) is 5.16 Å². The largest absolute Gasteiger partial charge is 0.387 e. The number of carbonyl (C=O) groups excluding carboxylic acids is 1. The number of aryl methyl sites for hydroxylation is 2. The first-order chi connectivity index (χ1) is 8.85.